The summed E-state index contributed by atoms with van der Waals surface area (Å²) >= 11 is 1.47. The summed E-state index contributed by atoms with van der Waals surface area (Å²) in [6, 6.07) is 26.4. The maximum absolute atomic E-state index is 13.8. The van der Waals surface area contributed by atoms with Gasteiger partial charge < -0.3 is 14.5 Å². The Morgan fingerprint density at radius 1 is 1.00 bits per heavy atom. The molecule has 1 fully saturated rings. The molecule has 1 saturated carbocycles. The molecule has 4 aromatic rings. The van der Waals surface area contributed by atoms with Crippen molar-refractivity contribution in [2.45, 2.75) is 70.2 Å². The fraction of sp³-hybridized carbons (Fsp3) is 0.333. The smallest absolute Gasteiger partial charge is 0.294 e. The first kappa shape index (κ1) is 27.7. The summed E-state index contributed by atoms with van der Waals surface area (Å²) in [5.41, 5.74) is 7.14. The summed E-state index contributed by atoms with van der Waals surface area (Å²) in [6.45, 7) is 7.82. The predicted octanol–water partition coefficient (Wildman–Crippen LogP) is 5.62. The van der Waals surface area contributed by atoms with Crippen LogP contribution in [0.25, 0.3) is 12.2 Å². The second-order valence-electron chi connectivity index (χ2n) is 12.3. The highest BCUT2D eigenvalue weighted by molar-refractivity contribution is 7.07. The van der Waals surface area contributed by atoms with Crippen molar-refractivity contribution >= 4 is 47.0 Å². The normalized spacial score (nSPS) is 22.5. The molecule has 0 spiro atoms. The average Bonchev–Trinajstić information content (AvgIpc) is 3.74. The number of nitrogens with zero attached hydrogens (tertiary/aromatic N) is 3. The lowest BCUT2D eigenvalue weighted by Gasteiger charge is -2.31. The van der Waals surface area contributed by atoms with Crippen molar-refractivity contribution in [3.63, 3.8) is 0 Å². The van der Waals surface area contributed by atoms with Crippen LogP contribution in [0.2, 0.25) is 0 Å². The van der Waals surface area contributed by atoms with Gasteiger partial charge in [-0.15, -0.1) is 11.3 Å². The summed E-state index contributed by atoms with van der Waals surface area (Å²) in [4.78, 5) is 29.8. The Bertz CT molecular complexity index is 1860. The Morgan fingerprint density at radius 3 is 2.58 bits per heavy atom. The number of benzene rings is 3. The molecule has 7 heteroatoms. The van der Waals surface area contributed by atoms with E-state index in [9.17, 15) is 9.59 Å². The molecule has 0 amide bonds. The van der Waals surface area contributed by atoms with Crippen molar-refractivity contribution in [3.8, 4) is 0 Å². The molecule has 220 valence electrons. The van der Waals surface area contributed by atoms with E-state index < -0.39 is 0 Å². The summed E-state index contributed by atoms with van der Waals surface area (Å²) in [6.07, 6.45) is 7.79. The fourth-order valence-corrected chi connectivity index (χ4v) is 8.76. The molecule has 3 aromatic carbocycles. The maximum Gasteiger partial charge on any atom is 0.294 e. The van der Waals surface area contributed by atoms with Crippen LogP contribution >= 0.6 is 11.3 Å². The van der Waals surface area contributed by atoms with Gasteiger partial charge in [-0.05, 0) is 78.9 Å². The third-order valence-corrected chi connectivity index (χ3v) is 10.8. The van der Waals surface area contributed by atoms with Crippen LogP contribution in [0.4, 0.5) is 17.1 Å². The Kier molecular flexibility index (Phi) is 7.01. The third kappa shape index (κ3) is 4.52. The van der Waals surface area contributed by atoms with Gasteiger partial charge in [0.2, 0.25) is 0 Å². The van der Waals surface area contributed by atoms with Crippen LogP contribution in [0, 0.1) is 0 Å². The molecule has 0 radical (unpaired) electrons. The molecule has 2 aliphatic heterocycles. The van der Waals surface area contributed by atoms with E-state index in [1.54, 1.807) is 4.57 Å². The lowest BCUT2D eigenvalue weighted by atomic mass is 9.80. The zero-order valence-electron chi connectivity index (χ0n) is 24.9. The second-order valence-corrected chi connectivity index (χ2v) is 13.4. The van der Waals surface area contributed by atoms with Gasteiger partial charge in [-0.3, -0.25) is 14.2 Å². The molecule has 3 heterocycles. The van der Waals surface area contributed by atoms with E-state index in [1.165, 1.54) is 58.8 Å². The Balaban J connectivity index is 1.32. The fourth-order valence-electron chi connectivity index (χ4n) is 7.70. The van der Waals surface area contributed by atoms with Crippen molar-refractivity contribution in [1.82, 2.24) is 4.57 Å². The number of thiazole rings is 1. The van der Waals surface area contributed by atoms with Gasteiger partial charge in [-0.1, -0.05) is 62.7 Å². The Morgan fingerprint density at radius 2 is 1.79 bits per heavy atom. The summed E-state index contributed by atoms with van der Waals surface area (Å²) in [5, 5.41) is 0. The molecule has 3 aliphatic rings. The lowest BCUT2D eigenvalue weighted by molar-refractivity contribution is -0.132. The molecule has 0 N–H and O–H groups in total. The molecule has 6 nitrogen and oxygen atoms in total. The molecule has 3 unspecified atom stereocenters. The number of hydrogen-bond acceptors (Lipinski definition) is 6. The van der Waals surface area contributed by atoms with Gasteiger partial charge in [-0.25, -0.2) is 0 Å². The van der Waals surface area contributed by atoms with Gasteiger partial charge in [0, 0.05) is 41.0 Å². The lowest BCUT2D eigenvalue weighted by Crippen LogP contribution is -2.42. The van der Waals surface area contributed by atoms with Gasteiger partial charge in [-0.2, -0.15) is 0 Å². The van der Waals surface area contributed by atoms with Crippen LogP contribution in [0.1, 0.15) is 62.6 Å². The van der Waals surface area contributed by atoms with Crippen LogP contribution in [-0.4, -0.2) is 29.7 Å². The van der Waals surface area contributed by atoms with E-state index in [4.69, 9.17) is 4.74 Å². The molecule has 0 bridgehead atoms. The Labute approximate surface area is 256 Å². The van der Waals surface area contributed by atoms with Gasteiger partial charge in [0.05, 0.1) is 15.2 Å². The summed E-state index contributed by atoms with van der Waals surface area (Å²) < 4.78 is 8.16. The van der Waals surface area contributed by atoms with Crippen molar-refractivity contribution < 1.29 is 9.53 Å². The van der Waals surface area contributed by atoms with E-state index in [0.717, 1.165) is 16.8 Å². The van der Waals surface area contributed by atoms with Crippen molar-refractivity contribution in [3.05, 3.63) is 109 Å². The molecule has 3 atom stereocenters. The number of anilines is 3. The zero-order valence-corrected chi connectivity index (χ0v) is 25.7. The van der Waals surface area contributed by atoms with E-state index in [2.05, 4.69) is 109 Å². The summed E-state index contributed by atoms with van der Waals surface area (Å²) in [7, 11) is 0. The highest BCUT2D eigenvalue weighted by Gasteiger charge is 2.43. The van der Waals surface area contributed by atoms with Crippen LogP contribution in [-0.2, 0) is 21.7 Å². The number of para-hydroxylation sites is 2. The third-order valence-electron chi connectivity index (χ3n) is 9.69. The zero-order chi connectivity index (χ0) is 29.7. The van der Waals surface area contributed by atoms with Crippen molar-refractivity contribution in [2.24, 2.45) is 0 Å². The van der Waals surface area contributed by atoms with Crippen LogP contribution < -0.4 is 24.6 Å². The minimum atomic E-state index is -0.157. The van der Waals surface area contributed by atoms with Gasteiger partial charge >= 0.3 is 0 Å². The molecular weight excluding hydrogens is 554 g/mol. The first-order valence-electron chi connectivity index (χ1n) is 15.2. The quantitative estimate of drug-likeness (QED) is 0.261. The number of aromatic nitrogens is 1. The molecule has 7 rings (SSSR count). The largest absolute Gasteiger partial charge is 0.446 e. The number of carbonyl (C=O) groups excluding carboxylic acids is 1. The standard InChI is InChI=1S/C36H37N3O3S/c1-4-37-31-15-9-8-14-28(31)36(2,3)33(37)21-34-38(22-42-23-40)35(41)32(43-34)20-24-17-18-30-27(19-24)26-13-10-16-29(26)39(30)25-11-6-5-7-12-25/h5-9,11-12,14-15,17-21,23,26,29,33H,4,10,13,16,22H2,1-3H3. The number of carbonyl (C=O) groups is 1. The van der Waals surface area contributed by atoms with Crippen LogP contribution in [0.15, 0.2) is 77.6 Å². The van der Waals surface area contributed by atoms with Crippen molar-refractivity contribution in [2.75, 3.05) is 16.3 Å². The second kappa shape index (κ2) is 10.9. The van der Waals surface area contributed by atoms with E-state index in [1.807, 2.05) is 6.08 Å². The Hall–Kier alpha value is -4.10. The van der Waals surface area contributed by atoms with Crippen LogP contribution in [0.3, 0.4) is 0 Å². The number of hydrogen-bond donors (Lipinski definition) is 0. The highest BCUT2D eigenvalue weighted by atomic mass is 32.1. The average molecular weight is 592 g/mol. The summed E-state index contributed by atoms with van der Waals surface area (Å²) in [5.74, 6) is 0.500. The number of likely N-dealkylation sites (N-methyl/N-ethyl adjacent to an activating group) is 1. The number of ether oxygens (including phenoxy) is 1. The molecular formula is C36H37N3O3S. The van der Waals surface area contributed by atoms with Crippen molar-refractivity contribution in [1.29, 1.82) is 0 Å². The topological polar surface area (TPSA) is 54.8 Å². The van der Waals surface area contributed by atoms with E-state index >= 15 is 0 Å². The highest BCUT2D eigenvalue weighted by Crippen LogP contribution is 2.52. The molecule has 1 aromatic heterocycles. The maximum atomic E-state index is 13.8. The molecule has 1 aliphatic carbocycles. The molecule has 0 saturated heterocycles. The predicted molar refractivity (Wildman–Crippen MR) is 175 cm³/mol. The minimum Gasteiger partial charge on any atom is -0.446 e. The minimum absolute atomic E-state index is 0.0477. The number of rotatable bonds is 7. The first-order chi connectivity index (χ1) is 20.9. The van der Waals surface area contributed by atoms with Gasteiger partial charge in [0.25, 0.3) is 12.0 Å². The number of fused-ring (bicyclic) bond motifs is 4. The van der Waals surface area contributed by atoms with Gasteiger partial charge in [0.1, 0.15) is 0 Å². The van der Waals surface area contributed by atoms with E-state index in [0.29, 0.717) is 23.0 Å². The first-order valence-corrected chi connectivity index (χ1v) is 16.1. The van der Waals surface area contributed by atoms with Gasteiger partial charge in [0.15, 0.2) is 6.73 Å². The SMILES string of the molecule is CCN1c2ccccc2C(C)(C)C1C=c1sc(=Cc2ccc3c(c2)C2CCCC2N3c2ccccc2)c(=O)n1COC=O. The van der Waals surface area contributed by atoms with Crippen LogP contribution in [0.5, 0.6) is 0 Å². The molecule has 43 heavy (non-hydrogen) atoms. The monoisotopic (exact) mass is 591 g/mol. The van der Waals surface area contributed by atoms with E-state index in [-0.39, 0.29) is 23.7 Å².